The summed E-state index contributed by atoms with van der Waals surface area (Å²) in [4.78, 5) is 12.0. The summed E-state index contributed by atoms with van der Waals surface area (Å²) in [5.74, 6) is 0.964. The van der Waals surface area contributed by atoms with E-state index in [4.69, 9.17) is 4.42 Å². The van der Waals surface area contributed by atoms with Crippen molar-refractivity contribution in [3.05, 3.63) is 30.0 Å². The molecule has 0 fully saturated rings. The molecule has 2 aromatic heterocycles. The Morgan fingerprint density at radius 1 is 1.55 bits per heavy atom. The molecule has 0 aliphatic rings. The number of amides is 1. The van der Waals surface area contributed by atoms with Gasteiger partial charge in [-0.15, -0.1) is 5.10 Å². The normalized spacial score (nSPS) is 12.6. The number of nitrogens with zero attached hydrogens (tertiary/aromatic N) is 4. The van der Waals surface area contributed by atoms with Crippen LogP contribution in [-0.4, -0.2) is 37.8 Å². The summed E-state index contributed by atoms with van der Waals surface area (Å²) >= 11 is 0. The highest BCUT2D eigenvalue weighted by molar-refractivity contribution is 5.76. The Labute approximate surface area is 115 Å². The molecule has 0 spiro atoms. The molecular weight excluding hydrogens is 262 g/mol. The summed E-state index contributed by atoms with van der Waals surface area (Å²) < 4.78 is 6.60. The molecule has 0 aromatic carbocycles. The highest BCUT2D eigenvalue weighted by atomic mass is 16.3. The minimum absolute atomic E-state index is 0.00226. The second-order valence-corrected chi connectivity index (χ2v) is 4.67. The molecule has 20 heavy (non-hydrogen) atoms. The van der Waals surface area contributed by atoms with Gasteiger partial charge in [0.1, 0.15) is 18.3 Å². The molecule has 0 saturated carbocycles. The van der Waals surface area contributed by atoms with Crippen LogP contribution in [0.25, 0.3) is 0 Å². The predicted molar refractivity (Wildman–Crippen MR) is 68.6 cm³/mol. The fraction of sp³-hybridized carbons (Fsp3) is 0.500. The van der Waals surface area contributed by atoms with Crippen molar-refractivity contribution in [2.24, 2.45) is 0 Å². The number of furan rings is 1. The van der Waals surface area contributed by atoms with E-state index in [0.717, 1.165) is 0 Å². The van der Waals surface area contributed by atoms with Gasteiger partial charge in [-0.25, -0.2) is 4.68 Å². The molecule has 0 radical (unpaired) electrons. The van der Waals surface area contributed by atoms with Crippen LogP contribution in [0, 0.1) is 0 Å². The van der Waals surface area contributed by atoms with Crippen molar-refractivity contribution in [2.75, 3.05) is 6.61 Å². The number of aliphatic hydroxyl groups excluding tert-OH is 1. The molecule has 0 saturated heterocycles. The fourth-order valence-corrected chi connectivity index (χ4v) is 1.81. The number of carbonyl (C=O) groups is 1. The highest BCUT2D eigenvalue weighted by Crippen LogP contribution is 2.13. The lowest BCUT2D eigenvalue weighted by molar-refractivity contribution is -0.123. The second kappa shape index (κ2) is 6.29. The standard InChI is InChI=1S/C12H17N5O3/c1-8(2)12-14-15-16-17(12)6-11(19)13-9(7-18)10-4-3-5-20-10/h3-5,8-9,18H,6-7H2,1-2H3,(H,13,19). The molecule has 2 aromatic rings. The summed E-state index contributed by atoms with van der Waals surface area (Å²) in [7, 11) is 0. The van der Waals surface area contributed by atoms with Gasteiger partial charge in [0.15, 0.2) is 5.82 Å². The van der Waals surface area contributed by atoms with Gasteiger partial charge in [-0.05, 0) is 22.6 Å². The van der Waals surface area contributed by atoms with Crippen molar-refractivity contribution in [2.45, 2.75) is 32.4 Å². The van der Waals surface area contributed by atoms with Crippen LogP contribution < -0.4 is 5.32 Å². The van der Waals surface area contributed by atoms with Crippen LogP contribution in [0.2, 0.25) is 0 Å². The molecule has 2 heterocycles. The number of carbonyl (C=O) groups excluding carboxylic acids is 1. The Bertz CT molecular complexity index is 549. The predicted octanol–water partition coefficient (Wildman–Crippen LogP) is 0.239. The van der Waals surface area contributed by atoms with Crippen molar-refractivity contribution in [1.29, 1.82) is 0 Å². The first-order valence-electron chi connectivity index (χ1n) is 6.31. The zero-order valence-corrected chi connectivity index (χ0v) is 11.4. The minimum Gasteiger partial charge on any atom is -0.467 e. The van der Waals surface area contributed by atoms with Crippen LogP contribution in [0.1, 0.15) is 37.4 Å². The van der Waals surface area contributed by atoms with E-state index < -0.39 is 6.04 Å². The molecule has 2 rings (SSSR count). The van der Waals surface area contributed by atoms with Gasteiger partial charge < -0.3 is 14.8 Å². The number of hydrogen-bond acceptors (Lipinski definition) is 6. The van der Waals surface area contributed by atoms with Crippen molar-refractivity contribution in [1.82, 2.24) is 25.5 Å². The van der Waals surface area contributed by atoms with Crippen LogP contribution in [0.4, 0.5) is 0 Å². The maximum absolute atomic E-state index is 12.0. The molecular formula is C12H17N5O3. The van der Waals surface area contributed by atoms with Gasteiger partial charge in [-0.1, -0.05) is 13.8 Å². The van der Waals surface area contributed by atoms with E-state index in [-0.39, 0.29) is 25.0 Å². The molecule has 0 bridgehead atoms. The summed E-state index contributed by atoms with van der Waals surface area (Å²) in [6.45, 7) is 3.64. The van der Waals surface area contributed by atoms with Crippen LogP contribution in [0.3, 0.4) is 0 Å². The highest BCUT2D eigenvalue weighted by Gasteiger charge is 2.18. The van der Waals surface area contributed by atoms with E-state index >= 15 is 0 Å². The van der Waals surface area contributed by atoms with E-state index in [2.05, 4.69) is 20.8 Å². The minimum atomic E-state index is -0.573. The molecule has 8 nitrogen and oxygen atoms in total. The third kappa shape index (κ3) is 3.21. The van der Waals surface area contributed by atoms with Gasteiger partial charge in [0.05, 0.1) is 12.9 Å². The average Bonchev–Trinajstić information content (AvgIpc) is 3.06. The molecule has 1 atom stereocenters. The Balaban J connectivity index is 2.00. The van der Waals surface area contributed by atoms with Crippen LogP contribution in [-0.2, 0) is 11.3 Å². The number of tetrazole rings is 1. The maximum atomic E-state index is 12.0. The van der Waals surface area contributed by atoms with Crippen molar-refractivity contribution < 1.29 is 14.3 Å². The molecule has 108 valence electrons. The van der Waals surface area contributed by atoms with Crippen LogP contribution >= 0.6 is 0 Å². The Morgan fingerprint density at radius 3 is 2.95 bits per heavy atom. The second-order valence-electron chi connectivity index (χ2n) is 4.67. The number of aromatic nitrogens is 4. The Hall–Kier alpha value is -2.22. The summed E-state index contributed by atoms with van der Waals surface area (Å²) in [6, 6.07) is 2.82. The summed E-state index contributed by atoms with van der Waals surface area (Å²) in [5, 5.41) is 23.2. The lowest BCUT2D eigenvalue weighted by Crippen LogP contribution is -2.34. The molecule has 1 amide bonds. The fourth-order valence-electron chi connectivity index (χ4n) is 1.81. The van der Waals surface area contributed by atoms with Gasteiger partial charge in [-0.2, -0.15) is 0 Å². The third-order valence-electron chi connectivity index (χ3n) is 2.77. The quantitative estimate of drug-likeness (QED) is 0.784. The number of aliphatic hydroxyl groups is 1. The average molecular weight is 279 g/mol. The van der Waals surface area contributed by atoms with E-state index in [1.165, 1.54) is 10.9 Å². The van der Waals surface area contributed by atoms with Crippen molar-refractivity contribution in [3.63, 3.8) is 0 Å². The lowest BCUT2D eigenvalue weighted by Gasteiger charge is -2.14. The van der Waals surface area contributed by atoms with E-state index in [1.807, 2.05) is 13.8 Å². The SMILES string of the molecule is CC(C)c1nnnn1CC(=O)NC(CO)c1ccco1. The third-order valence-corrected chi connectivity index (χ3v) is 2.77. The molecule has 8 heteroatoms. The number of hydrogen-bond donors (Lipinski definition) is 2. The molecule has 0 aliphatic heterocycles. The topological polar surface area (TPSA) is 106 Å². The van der Waals surface area contributed by atoms with Crippen molar-refractivity contribution in [3.8, 4) is 0 Å². The largest absolute Gasteiger partial charge is 0.467 e. The van der Waals surface area contributed by atoms with Crippen molar-refractivity contribution >= 4 is 5.91 Å². The van der Waals surface area contributed by atoms with E-state index in [0.29, 0.717) is 11.6 Å². The first kappa shape index (κ1) is 14.2. The van der Waals surface area contributed by atoms with Crippen LogP contribution in [0.5, 0.6) is 0 Å². The number of nitrogens with one attached hydrogen (secondary N) is 1. The smallest absolute Gasteiger partial charge is 0.242 e. The van der Waals surface area contributed by atoms with Gasteiger partial charge in [0.2, 0.25) is 5.91 Å². The molecule has 2 N–H and O–H groups in total. The monoisotopic (exact) mass is 279 g/mol. The molecule has 1 unspecified atom stereocenters. The Kier molecular flexibility index (Phi) is 4.46. The van der Waals surface area contributed by atoms with Gasteiger partial charge in [0, 0.05) is 5.92 Å². The van der Waals surface area contributed by atoms with Gasteiger partial charge in [-0.3, -0.25) is 4.79 Å². The first-order chi connectivity index (χ1) is 9.61. The maximum Gasteiger partial charge on any atom is 0.242 e. The number of rotatable bonds is 6. The summed E-state index contributed by atoms with van der Waals surface area (Å²) in [5.41, 5.74) is 0. The van der Waals surface area contributed by atoms with Gasteiger partial charge in [0.25, 0.3) is 0 Å². The lowest BCUT2D eigenvalue weighted by atomic mass is 10.2. The zero-order valence-electron chi connectivity index (χ0n) is 11.4. The zero-order chi connectivity index (χ0) is 14.5. The first-order valence-corrected chi connectivity index (χ1v) is 6.31. The van der Waals surface area contributed by atoms with Crippen LogP contribution in [0.15, 0.2) is 22.8 Å². The van der Waals surface area contributed by atoms with Gasteiger partial charge >= 0.3 is 0 Å². The Morgan fingerprint density at radius 2 is 2.35 bits per heavy atom. The molecule has 0 aliphatic carbocycles. The van der Waals surface area contributed by atoms with E-state index in [9.17, 15) is 9.90 Å². The van der Waals surface area contributed by atoms with E-state index in [1.54, 1.807) is 12.1 Å². The summed E-state index contributed by atoms with van der Waals surface area (Å²) in [6.07, 6.45) is 1.49.